The molecule has 2 heterocycles. The van der Waals surface area contributed by atoms with Crippen molar-refractivity contribution < 1.29 is 9.53 Å². The molecular weight excluding hydrogens is 274 g/mol. The zero-order valence-corrected chi connectivity index (χ0v) is 12.4. The number of hydrogen-bond donors (Lipinski definition) is 0. The topological polar surface area (TPSA) is 29.5 Å². The van der Waals surface area contributed by atoms with Crippen LogP contribution in [0.2, 0.25) is 0 Å². The van der Waals surface area contributed by atoms with Crippen LogP contribution in [-0.2, 0) is 16.0 Å². The molecule has 2 saturated heterocycles. The molecule has 0 unspecified atom stereocenters. The summed E-state index contributed by atoms with van der Waals surface area (Å²) in [5, 5.41) is 0. The number of hydrogen-bond acceptors (Lipinski definition) is 2. The van der Waals surface area contributed by atoms with E-state index in [4.69, 9.17) is 4.74 Å². The first-order valence-electron chi connectivity index (χ1n) is 7.85. The van der Waals surface area contributed by atoms with E-state index in [0.29, 0.717) is 6.61 Å². The molecule has 0 aliphatic carbocycles. The van der Waals surface area contributed by atoms with Gasteiger partial charge in [-0.1, -0.05) is 60.7 Å². The second kappa shape index (κ2) is 5.58. The van der Waals surface area contributed by atoms with Gasteiger partial charge in [0.1, 0.15) is 0 Å². The molecule has 2 fully saturated rings. The SMILES string of the molecule is O=C1[C@H](Cc2ccccc2)C[C@H]2CO[C@H](c3ccccc3)N12. The lowest BCUT2D eigenvalue weighted by molar-refractivity contribution is -0.137. The highest BCUT2D eigenvalue weighted by molar-refractivity contribution is 5.82. The second-order valence-electron chi connectivity index (χ2n) is 6.12. The molecule has 2 aromatic carbocycles. The van der Waals surface area contributed by atoms with Crippen molar-refractivity contribution in [1.29, 1.82) is 0 Å². The second-order valence-corrected chi connectivity index (χ2v) is 6.12. The third-order valence-electron chi connectivity index (χ3n) is 4.66. The normalized spacial score (nSPS) is 27.2. The molecule has 2 aliphatic rings. The third kappa shape index (κ3) is 2.32. The number of carbonyl (C=O) groups is 1. The van der Waals surface area contributed by atoms with Crippen molar-refractivity contribution in [3.05, 3.63) is 71.8 Å². The average Bonchev–Trinajstić information content (AvgIpc) is 3.11. The summed E-state index contributed by atoms with van der Waals surface area (Å²) in [6.45, 7) is 0.649. The van der Waals surface area contributed by atoms with E-state index in [2.05, 4.69) is 12.1 Å². The minimum absolute atomic E-state index is 0.0857. The Morgan fingerprint density at radius 3 is 2.41 bits per heavy atom. The van der Waals surface area contributed by atoms with Gasteiger partial charge in [0, 0.05) is 11.5 Å². The lowest BCUT2D eigenvalue weighted by Crippen LogP contribution is -2.32. The van der Waals surface area contributed by atoms with Crippen molar-refractivity contribution in [2.45, 2.75) is 25.1 Å². The molecule has 0 radical (unpaired) electrons. The van der Waals surface area contributed by atoms with Crippen molar-refractivity contribution in [3.8, 4) is 0 Å². The highest BCUT2D eigenvalue weighted by atomic mass is 16.5. The standard InChI is InChI=1S/C19H19NO2/c21-18-16(11-14-7-3-1-4-8-14)12-17-13-22-19(20(17)18)15-9-5-2-6-10-15/h1-10,16-17,19H,11-13H2/t16-,17+,19-/m1/s1. The molecule has 0 N–H and O–H groups in total. The van der Waals surface area contributed by atoms with Crippen LogP contribution in [0.3, 0.4) is 0 Å². The van der Waals surface area contributed by atoms with E-state index in [9.17, 15) is 4.79 Å². The van der Waals surface area contributed by atoms with Crippen molar-refractivity contribution in [2.24, 2.45) is 5.92 Å². The first-order chi connectivity index (χ1) is 10.8. The Morgan fingerprint density at radius 1 is 1.00 bits per heavy atom. The van der Waals surface area contributed by atoms with Gasteiger partial charge in [0.25, 0.3) is 0 Å². The van der Waals surface area contributed by atoms with E-state index in [0.717, 1.165) is 18.4 Å². The van der Waals surface area contributed by atoms with E-state index in [-0.39, 0.29) is 24.1 Å². The van der Waals surface area contributed by atoms with Gasteiger partial charge in [0.2, 0.25) is 5.91 Å². The fourth-order valence-corrected chi connectivity index (χ4v) is 3.62. The average molecular weight is 293 g/mol. The smallest absolute Gasteiger partial charge is 0.228 e. The monoisotopic (exact) mass is 293 g/mol. The van der Waals surface area contributed by atoms with Gasteiger partial charge in [-0.15, -0.1) is 0 Å². The van der Waals surface area contributed by atoms with Crippen LogP contribution in [0, 0.1) is 5.92 Å². The van der Waals surface area contributed by atoms with E-state index in [1.807, 2.05) is 53.4 Å². The van der Waals surface area contributed by atoms with Crippen LogP contribution in [0.25, 0.3) is 0 Å². The molecule has 112 valence electrons. The molecule has 22 heavy (non-hydrogen) atoms. The summed E-state index contributed by atoms with van der Waals surface area (Å²) in [6.07, 6.45) is 1.52. The van der Waals surface area contributed by atoms with Crippen molar-refractivity contribution in [2.75, 3.05) is 6.61 Å². The van der Waals surface area contributed by atoms with Crippen LogP contribution in [0.4, 0.5) is 0 Å². The molecule has 2 aromatic rings. The fourth-order valence-electron chi connectivity index (χ4n) is 3.62. The number of rotatable bonds is 3. The molecule has 2 aliphatic heterocycles. The lowest BCUT2D eigenvalue weighted by Gasteiger charge is -2.23. The number of amides is 1. The molecule has 0 bridgehead atoms. The predicted molar refractivity (Wildman–Crippen MR) is 84.0 cm³/mol. The summed E-state index contributed by atoms with van der Waals surface area (Å²) in [7, 11) is 0. The maximum atomic E-state index is 12.8. The highest BCUT2D eigenvalue weighted by Crippen LogP contribution is 2.40. The Morgan fingerprint density at radius 2 is 1.68 bits per heavy atom. The molecule has 4 rings (SSSR count). The number of fused-ring (bicyclic) bond motifs is 1. The number of nitrogens with zero attached hydrogens (tertiary/aromatic N) is 1. The lowest BCUT2D eigenvalue weighted by atomic mass is 9.96. The maximum absolute atomic E-state index is 12.8. The van der Waals surface area contributed by atoms with E-state index in [1.54, 1.807) is 0 Å². The first kappa shape index (κ1) is 13.5. The molecule has 3 heteroatoms. The number of carbonyl (C=O) groups excluding carboxylic acids is 1. The van der Waals surface area contributed by atoms with Crippen molar-refractivity contribution in [1.82, 2.24) is 4.90 Å². The highest BCUT2D eigenvalue weighted by Gasteiger charge is 2.47. The van der Waals surface area contributed by atoms with Crippen LogP contribution in [-0.4, -0.2) is 23.5 Å². The zero-order valence-electron chi connectivity index (χ0n) is 12.4. The van der Waals surface area contributed by atoms with Gasteiger partial charge in [0.05, 0.1) is 12.6 Å². The molecule has 0 saturated carbocycles. The molecule has 1 amide bonds. The Hall–Kier alpha value is -2.13. The molecule has 0 spiro atoms. The fraction of sp³-hybridized carbons (Fsp3) is 0.316. The molecule has 3 atom stereocenters. The van der Waals surface area contributed by atoms with E-state index >= 15 is 0 Å². The summed E-state index contributed by atoms with van der Waals surface area (Å²) in [5.74, 6) is 0.322. The maximum Gasteiger partial charge on any atom is 0.228 e. The van der Waals surface area contributed by atoms with Gasteiger partial charge in [-0.25, -0.2) is 0 Å². The summed E-state index contributed by atoms with van der Waals surface area (Å²) < 4.78 is 5.88. The van der Waals surface area contributed by atoms with Gasteiger partial charge >= 0.3 is 0 Å². The van der Waals surface area contributed by atoms with Crippen molar-refractivity contribution >= 4 is 5.91 Å². The zero-order chi connectivity index (χ0) is 14.9. The van der Waals surface area contributed by atoms with Crippen LogP contribution in [0.1, 0.15) is 23.8 Å². The molecular formula is C19H19NO2. The quantitative estimate of drug-likeness (QED) is 0.870. The minimum Gasteiger partial charge on any atom is -0.352 e. The van der Waals surface area contributed by atoms with E-state index in [1.165, 1.54) is 5.56 Å². The summed E-state index contributed by atoms with van der Waals surface area (Å²) >= 11 is 0. The van der Waals surface area contributed by atoms with Gasteiger partial charge in [-0.3, -0.25) is 4.79 Å². The van der Waals surface area contributed by atoms with Crippen LogP contribution in [0.5, 0.6) is 0 Å². The Balaban J connectivity index is 1.54. The van der Waals surface area contributed by atoms with Crippen LogP contribution in [0.15, 0.2) is 60.7 Å². The summed E-state index contributed by atoms with van der Waals surface area (Å²) in [4.78, 5) is 14.8. The predicted octanol–water partition coefficient (Wildman–Crippen LogP) is 3.18. The van der Waals surface area contributed by atoms with Gasteiger partial charge < -0.3 is 9.64 Å². The van der Waals surface area contributed by atoms with E-state index < -0.39 is 0 Å². The Kier molecular flexibility index (Phi) is 3.43. The Bertz CT molecular complexity index is 656. The van der Waals surface area contributed by atoms with Crippen LogP contribution >= 0.6 is 0 Å². The minimum atomic E-state index is -0.209. The number of benzene rings is 2. The molecule has 3 nitrogen and oxygen atoms in total. The van der Waals surface area contributed by atoms with Gasteiger partial charge in [0.15, 0.2) is 6.23 Å². The Labute approximate surface area is 130 Å². The molecule has 0 aromatic heterocycles. The largest absolute Gasteiger partial charge is 0.352 e. The summed E-state index contributed by atoms with van der Waals surface area (Å²) in [5.41, 5.74) is 2.30. The van der Waals surface area contributed by atoms with Gasteiger partial charge in [-0.05, 0) is 18.4 Å². The first-order valence-corrected chi connectivity index (χ1v) is 7.85. The van der Waals surface area contributed by atoms with Crippen molar-refractivity contribution in [3.63, 3.8) is 0 Å². The third-order valence-corrected chi connectivity index (χ3v) is 4.66. The van der Waals surface area contributed by atoms with Gasteiger partial charge in [-0.2, -0.15) is 0 Å². The number of ether oxygens (including phenoxy) is 1. The van der Waals surface area contributed by atoms with Crippen LogP contribution < -0.4 is 0 Å². The summed E-state index contributed by atoms with van der Waals surface area (Å²) in [6, 6.07) is 20.5.